The lowest BCUT2D eigenvalue weighted by molar-refractivity contribution is -0.161. The highest BCUT2D eigenvalue weighted by molar-refractivity contribution is 7.09. The molecular weight excluding hydrogens is 925 g/mol. The van der Waals surface area contributed by atoms with Crippen LogP contribution in [0.25, 0.3) is 0 Å². The van der Waals surface area contributed by atoms with E-state index in [2.05, 4.69) is 27.5 Å². The summed E-state index contributed by atoms with van der Waals surface area (Å²) in [6.45, 7) is 15.6. The third kappa shape index (κ3) is 15.6. The van der Waals surface area contributed by atoms with Crippen molar-refractivity contribution in [2.75, 3.05) is 39.0 Å². The lowest BCUT2D eigenvalue weighted by Crippen LogP contribution is -2.58. The van der Waals surface area contributed by atoms with E-state index < -0.39 is 71.7 Å². The second-order valence-corrected chi connectivity index (χ2v) is 19.4. The molecule has 2 aromatic rings. The first kappa shape index (κ1) is 56.4. The number of hydrogen-bond donors (Lipinski definition) is 4. The van der Waals surface area contributed by atoms with Crippen LogP contribution in [-0.2, 0) is 49.5 Å². The monoisotopic (exact) mass is 994 g/mol. The number of hydrogen-bond acceptors (Lipinski definition) is 14. The predicted octanol–water partition coefficient (Wildman–Crippen LogP) is 4.50. The number of thiazole rings is 1. The molecule has 1 aromatic heterocycles. The van der Waals surface area contributed by atoms with Crippen molar-refractivity contribution in [3.63, 3.8) is 0 Å². The number of benzene rings is 1. The fourth-order valence-electron chi connectivity index (χ4n) is 8.61. The lowest BCUT2D eigenvalue weighted by Gasteiger charge is -2.38. The fraction of sp³-hybridized carbons (Fsp3) is 0.592. The van der Waals surface area contributed by atoms with Gasteiger partial charge in [0.25, 0.3) is 11.8 Å². The van der Waals surface area contributed by atoms with Gasteiger partial charge in [-0.05, 0) is 74.9 Å². The van der Waals surface area contributed by atoms with Crippen molar-refractivity contribution in [3.8, 4) is 5.75 Å². The number of fused-ring (bicyclic) bond motifs is 1. The first-order valence-electron chi connectivity index (χ1n) is 23.8. The Morgan fingerprint density at radius 1 is 1.01 bits per heavy atom. The topological polar surface area (TPSA) is 254 Å². The van der Waals surface area contributed by atoms with Crippen molar-refractivity contribution < 1.29 is 57.7 Å². The number of hydrazine groups is 1. The number of amides is 6. The Hall–Kier alpha value is -6.22. The average Bonchev–Trinajstić information content (AvgIpc) is 3.80. The van der Waals surface area contributed by atoms with Gasteiger partial charge in [0.2, 0.25) is 23.6 Å². The molecule has 0 aliphatic carbocycles. The molecule has 20 nitrogen and oxygen atoms in total. The number of anilines is 1. The van der Waals surface area contributed by atoms with E-state index in [0.29, 0.717) is 23.4 Å². The number of aliphatic carboxylic acids is 1. The number of likely N-dealkylation sites (N-methyl/N-ethyl adjacent to an activating group) is 2. The molecular formula is C49H70N8O12S. The molecule has 0 saturated carbocycles. The van der Waals surface area contributed by atoms with Crippen LogP contribution in [0, 0.1) is 17.8 Å². The van der Waals surface area contributed by atoms with Crippen molar-refractivity contribution in [1.29, 1.82) is 0 Å². The summed E-state index contributed by atoms with van der Waals surface area (Å²) in [5.41, 5.74) is 0.621. The van der Waals surface area contributed by atoms with Crippen LogP contribution in [0.2, 0.25) is 0 Å². The van der Waals surface area contributed by atoms with Gasteiger partial charge in [0.15, 0.2) is 11.9 Å². The Balaban J connectivity index is 1.56. The van der Waals surface area contributed by atoms with Gasteiger partial charge in [0.05, 0.1) is 37.2 Å². The summed E-state index contributed by atoms with van der Waals surface area (Å²) >= 11 is 1.09. The smallest absolute Gasteiger partial charge is 0.313 e. The minimum atomic E-state index is -1.10. The van der Waals surface area contributed by atoms with Gasteiger partial charge in [-0.25, -0.2) is 9.99 Å². The normalized spacial score (nSPS) is 18.5. The van der Waals surface area contributed by atoms with E-state index in [4.69, 9.17) is 9.47 Å². The molecule has 0 spiro atoms. The van der Waals surface area contributed by atoms with E-state index in [1.54, 1.807) is 24.1 Å². The number of carbonyl (C=O) groups is 9. The van der Waals surface area contributed by atoms with Crippen LogP contribution in [-0.4, -0.2) is 141 Å². The van der Waals surface area contributed by atoms with Gasteiger partial charge in [0, 0.05) is 51.2 Å². The average molecular weight is 995 g/mol. The van der Waals surface area contributed by atoms with Crippen LogP contribution >= 0.6 is 11.3 Å². The van der Waals surface area contributed by atoms with E-state index in [0.717, 1.165) is 46.8 Å². The quantitative estimate of drug-likeness (QED) is 0.0859. The van der Waals surface area contributed by atoms with Crippen molar-refractivity contribution in [2.24, 2.45) is 17.8 Å². The SMILES string of the molecule is C=CC(=O)N1CCC(=O)Oc2ccc(C[C@H](CC(C)C(=O)O)NC(=O)c3csc([C@@H](C[C@H](C(C)C)N(C)C(=O)[C@@H](NC(=O)[C@H]4CCCCN4C)[C@@H](C)CC)OC(C)=O)n3)cc2NC(=O)CCN1C(C)=O. The maximum Gasteiger partial charge on any atom is 0.313 e. The molecule has 4 N–H and O–H groups in total. The zero-order chi connectivity index (χ0) is 52.0. The summed E-state index contributed by atoms with van der Waals surface area (Å²) in [5, 5.41) is 22.4. The molecule has 1 saturated heterocycles. The molecule has 3 heterocycles. The Morgan fingerprint density at radius 3 is 2.33 bits per heavy atom. The van der Waals surface area contributed by atoms with Gasteiger partial charge in [0.1, 0.15) is 16.7 Å². The Labute approximate surface area is 413 Å². The number of rotatable bonds is 19. The molecule has 1 unspecified atom stereocenters. The number of aromatic nitrogens is 1. The van der Waals surface area contributed by atoms with Gasteiger partial charge < -0.3 is 35.4 Å². The maximum absolute atomic E-state index is 14.3. The Bertz CT molecular complexity index is 2250. The zero-order valence-electron chi connectivity index (χ0n) is 41.8. The molecule has 2 aliphatic rings. The molecule has 70 heavy (non-hydrogen) atoms. The maximum atomic E-state index is 14.3. The van der Waals surface area contributed by atoms with Crippen LogP contribution in [0.4, 0.5) is 5.69 Å². The van der Waals surface area contributed by atoms with Crippen molar-refractivity contribution >= 4 is 70.4 Å². The molecule has 1 fully saturated rings. The molecule has 384 valence electrons. The fourth-order valence-corrected chi connectivity index (χ4v) is 9.45. The number of nitrogens with one attached hydrogen (secondary N) is 3. The Kier molecular flexibility index (Phi) is 21.0. The largest absolute Gasteiger partial charge is 0.481 e. The number of carboxylic acids is 1. The van der Waals surface area contributed by atoms with Crippen LogP contribution in [0.3, 0.4) is 0 Å². The highest BCUT2D eigenvalue weighted by Gasteiger charge is 2.38. The molecule has 7 atom stereocenters. The number of carbonyl (C=O) groups excluding carboxylic acids is 8. The molecule has 2 aliphatic heterocycles. The van der Waals surface area contributed by atoms with Crippen LogP contribution in [0.1, 0.15) is 127 Å². The van der Waals surface area contributed by atoms with Crippen LogP contribution in [0.15, 0.2) is 36.2 Å². The number of carboxylic acid groups (broad SMARTS) is 1. The third-order valence-corrected chi connectivity index (χ3v) is 13.8. The van der Waals surface area contributed by atoms with E-state index in [1.165, 1.54) is 32.2 Å². The van der Waals surface area contributed by atoms with Gasteiger partial charge in [-0.1, -0.05) is 60.1 Å². The molecule has 1 aromatic carbocycles. The van der Waals surface area contributed by atoms with E-state index in [1.807, 2.05) is 39.6 Å². The standard InChI is InChI=1S/C49H70N8O12S/c1-11-29(5)44(53-46(64)37-15-13-14-20-54(37)9)48(65)55(10)38(28(3)4)26-40(68-32(8)59)47-52-36(27-70-47)45(63)50-34(23-30(6)49(66)67)24-33-16-17-39-35(25-33)51-41(60)18-21-56(31(7)58)57(42(61)12-2)22-19-43(62)69-39/h12,16-17,25,27-30,34,37-38,40,44H,2,11,13-15,18-24,26H2,1,3-10H3,(H,50,63)(H,51,60)(H,53,64)(H,66,67)/t29-,30?,34-,37+,38+,40+,44-/m0/s1. The van der Waals surface area contributed by atoms with E-state index >= 15 is 0 Å². The first-order chi connectivity index (χ1) is 33.0. The van der Waals surface area contributed by atoms with Gasteiger partial charge in [-0.15, -0.1) is 11.3 Å². The van der Waals surface area contributed by atoms with E-state index in [9.17, 15) is 48.3 Å². The predicted molar refractivity (Wildman–Crippen MR) is 260 cm³/mol. The Morgan fingerprint density at radius 2 is 1.71 bits per heavy atom. The minimum Gasteiger partial charge on any atom is -0.481 e. The second kappa shape index (κ2) is 26.1. The number of ether oxygens (including phenoxy) is 2. The summed E-state index contributed by atoms with van der Waals surface area (Å²) in [7, 11) is 3.59. The third-order valence-electron chi connectivity index (χ3n) is 12.8. The molecule has 21 heteroatoms. The number of nitrogens with zero attached hydrogens (tertiary/aromatic N) is 5. The lowest BCUT2D eigenvalue weighted by atomic mass is 9.92. The zero-order valence-corrected chi connectivity index (χ0v) is 42.6. The van der Waals surface area contributed by atoms with Gasteiger partial charge in [-0.3, -0.25) is 53.1 Å². The highest BCUT2D eigenvalue weighted by atomic mass is 32.1. The minimum absolute atomic E-state index is 0.00424. The summed E-state index contributed by atoms with van der Waals surface area (Å²) in [6.07, 6.45) is 2.96. The molecule has 6 amide bonds. The first-order valence-corrected chi connectivity index (χ1v) is 24.7. The number of esters is 2. The highest BCUT2D eigenvalue weighted by Crippen LogP contribution is 2.32. The summed E-state index contributed by atoms with van der Waals surface area (Å²) < 4.78 is 11.4. The van der Waals surface area contributed by atoms with Gasteiger partial charge in [-0.2, -0.15) is 0 Å². The molecule has 4 rings (SSSR count). The summed E-state index contributed by atoms with van der Waals surface area (Å²) in [6, 6.07) is 2.19. The van der Waals surface area contributed by atoms with Crippen molar-refractivity contribution in [1.82, 2.24) is 35.4 Å². The van der Waals surface area contributed by atoms with Crippen molar-refractivity contribution in [2.45, 2.75) is 137 Å². The summed E-state index contributed by atoms with van der Waals surface area (Å²) in [4.78, 5) is 126. The van der Waals surface area contributed by atoms with Gasteiger partial charge >= 0.3 is 17.9 Å². The van der Waals surface area contributed by atoms with Crippen LogP contribution in [0.5, 0.6) is 5.75 Å². The summed E-state index contributed by atoms with van der Waals surface area (Å²) in [5.74, 6) is -6.51. The van der Waals surface area contributed by atoms with E-state index in [-0.39, 0.29) is 92.0 Å². The van der Waals surface area contributed by atoms with Crippen LogP contribution < -0.4 is 20.7 Å². The molecule has 0 radical (unpaired) electrons. The number of piperidine rings is 1. The second-order valence-electron chi connectivity index (χ2n) is 18.5. The molecule has 0 bridgehead atoms. The number of likely N-dealkylation sites (tertiary alicyclic amines) is 1. The van der Waals surface area contributed by atoms with Crippen molar-refractivity contribution in [3.05, 3.63) is 52.5 Å².